The highest BCUT2D eigenvalue weighted by atomic mass is 19.1. The van der Waals surface area contributed by atoms with Crippen molar-refractivity contribution < 1.29 is 19.0 Å². The molecule has 0 bridgehead atoms. The van der Waals surface area contributed by atoms with Gasteiger partial charge < -0.3 is 19.6 Å². The van der Waals surface area contributed by atoms with Crippen LogP contribution in [0.15, 0.2) is 18.2 Å². The van der Waals surface area contributed by atoms with Gasteiger partial charge in [0.15, 0.2) is 0 Å². The van der Waals surface area contributed by atoms with Crippen molar-refractivity contribution >= 4 is 11.6 Å². The van der Waals surface area contributed by atoms with Gasteiger partial charge in [-0.1, -0.05) is 0 Å². The number of halogens is 1. The number of morpholine rings is 1. The number of ether oxygens (including phenoxy) is 1. The van der Waals surface area contributed by atoms with E-state index in [-0.39, 0.29) is 24.1 Å². The number of benzene rings is 1. The highest BCUT2D eigenvalue weighted by molar-refractivity contribution is 5.94. The summed E-state index contributed by atoms with van der Waals surface area (Å²) in [6.45, 7) is 4.05. The number of aliphatic hydroxyl groups excluding tert-OH is 1. The standard InChI is InChI=1S/C15H21FN2O3/c1-11(10-19)17(2)15(20)12-3-4-14(13(16)9-12)18-5-7-21-8-6-18/h3-4,9,11,19H,5-8,10H2,1-2H3. The van der Waals surface area contributed by atoms with E-state index in [1.807, 2.05) is 4.90 Å². The average Bonchev–Trinajstić information content (AvgIpc) is 2.53. The number of amides is 1. The van der Waals surface area contributed by atoms with E-state index < -0.39 is 5.82 Å². The predicted octanol–water partition coefficient (Wildman–Crippen LogP) is 1.12. The number of hydrogen-bond acceptors (Lipinski definition) is 4. The fraction of sp³-hybridized carbons (Fsp3) is 0.533. The lowest BCUT2D eigenvalue weighted by molar-refractivity contribution is 0.0681. The molecule has 6 heteroatoms. The fourth-order valence-electron chi connectivity index (χ4n) is 2.23. The highest BCUT2D eigenvalue weighted by Crippen LogP contribution is 2.22. The maximum Gasteiger partial charge on any atom is 0.254 e. The summed E-state index contributed by atoms with van der Waals surface area (Å²) < 4.78 is 19.5. The van der Waals surface area contributed by atoms with Crippen molar-refractivity contribution in [2.75, 3.05) is 44.9 Å². The Hall–Kier alpha value is -1.66. The molecule has 116 valence electrons. The van der Waals surface area contributed by atoms with Gasteiger partial charge in [0, 0.05) is 25.7 Å². The highest BCUT2D eigenvalue weighted by Gasteiger charge is 2.20. The predicted molar refractivity (Wildman–Crippen MR) is 78.1 cm³/mol. The minimum absolute atomic E-state index is 0.128. The Balaban J connectivity index is 2.16. The number of aliphatic hydroxyl groups is 1. The number of carbonyl (C=O) groups excluding carboxylic acids is 1. The van der Waals surface area contributed by atoms with Crippen LogP contribution in [0.5, 0.6) is 0 Å². The number of anilines is 1. The largest absolute Gasteiger partial charge is 0.394 e. The molecule has 0 saturated carbocycles. The molecule has 21 heavy (non-hydrogen) atoms. The first-order valence-electron chi connectivity index (χ1n) is 7.05. The van der Waals surface area contributed by atoms with Crippen molar-refractivity contribution in [1.29, 1.82) is 0 Å². The molecule has 1 unspecified atom stereocenters. The van der Waals surface area contributed by atoms with Crippen LogP contribution in [0.1, 0.15) is 17.3 Å². The second-order valence-corrected chi connectivity index (χ2v) is 5.21. The van der Waals surface area contributed by atoms with E-state index in [1.54, 1.807) is 26.1 Å². The zero-order chi connectivity index (χ0) is 15.4. The molecule has 1 saturated heterocycles. The molecule has 0 spiro atoms. The molecule has 1 heterocycles. The van der Waals surface area contributed by atoms with E-state index >= 15 is 0 Å². The summed E-state index contributed by atoms with van der Waals surface area (Å²) in [6, 6.07) is 4.20. The normalized spacial score (nSPS) is 16.7. The van der Waals surface area contributed by atoms with Gasteiger partial charge >= 0.3 is 0 Å². The van der Waals surface area contributed by atoms with E-state index in [0.29, 0.717) is 32.0 Å². The minimum atomic E-state index is -0.409. The molecule has 1 N–H and O–H groups in total. The second-order valence-electron chi connectivity index (χ2n) is 5.21. The molecule has 1 aromatic carbocycles. The van der Waals surface area contributed by atoms with Gasteiger partial charge in [-0.3, -0.25) is 4.79 Å². The lowest BCUT2D eigenvalue weighted by atomic mass is 10.1. The maximum absolute atomic E-state index is 14.2. The first kappa shape index (κ1) is 15.7. The first-order chi connectivity index (χ1) is 10.0. The molecule has 5 nitrogen and oxygen atoms in total. The number of hydrogen-bond donors (Lipinski definition) is 1. The lowest BCUT2D eigenvalue weighted by Crippen LogP contribution is -2.38. The molecule has 1 aromatic rings. The molecule has 1 aliphatic heterocycles. The average molecular weight is 296 g/mol. The van der Waals surface area contributed by atoms with Gasteiger partial charge in [-0.2, -0.15) is 0 Å². The number of likely N-dealkylation sites (N-methyl/N-ethyl adjacent to an activating group) is 1. The summed E-state index contributed by atoms with van der Waals surface area (Å²) in [5, 5.41) is 9.08. The molecule has 2 rings (SSSR count). The number of nitrogens with zero attached hydrogens (tertiary/aromatic N) is 2. The van der Waals surface area contributed by atoms with Crippen molar-refractivity contribution in [3.63, 3.8) is 0 Å². The van der Waals surface area contributed by atoms with Crippen LogP contribution >= 0.6 is 0 Å². The van der Waals surface area contributed by atoms with Gasteiger partial charge in [0.25, 0.3) is 5.91 Å². The van der Waals surface area contributed by atoms with Gasteiger partial charge in [-0.25, -0.2) is 4.39 Å². The Kier molecular flexibility index (Phi) is 5.14. The van der Waals surface area contributed by atoms with Crippen LogP contribution in [-0.4, -0.2) is 61.9 Å². The van der Waals surface area contributed by atoms with Crippen LogP contribution < -0.4 is 4.90 Å². The molecule has 0 aromatic heterocycles. The Morgan fingerprint density at radius 2 is 2.14 bits per heavy atom. The van der Waals surface area contributed by atoms with Crippen molar-refractivity contribution in [1.82, 2.24) is 4.90 Å². The third kappa shape index (κ3) is 3.51. The van der Waals surface area contributed by atoms with Crippen molar-refractivity contribution in [2.45, 2.75) is 13.0 Å². The lowest BCUT2D eigenvalue weighted by Gasteiger charge is -2.29. The zero-order valence-corrected chi connectivity index (χ0v) is 12.4. The summed E-state index contributed by atoms with van der Waals surface area (Å²) in [5.74, 6) is -0.711. The van der Waals surface area contributed by atoms with E-state index in [9.17, 15) is 9.18 Å². The van der Waals surface area contributed by atoms with E-state index in [0.717, 1.165) is 0 Å². The summed E-state index contributed by atoms with van der Waals surface area (Å²) in [6.07, 6.45) is 0. The van der Waals surface area contributed by atoms with Gasteiger partial charge in [0.2, 0.25) is 0 Å². The number of carbonyl (C=O) groups is 1. The Morgan fingerprint density at radius 3 is 2.71 bits per heavy atom. The maximum atomic E-state index is 14.2. The summed E-state index contributed by atoms with van der Waals surface area (Å²) >= 11 is 0. The van der Waals surface area contributed by atoms with Gasteiger partial charge in [-0.05, 0) is 25.1 Å². The molecule has 1 fully saturated rings. The number of rotatable bonds is 4. The second kappa shape index (κ2) is 6.87. The molecular formula is C15H21FN2O3. The van der Waals surface area contributed by atoms with E-state index in [1.165, 1.54) is 11.0 Å². The molecule has 0 aliphatic carbocycles. The SMILES string of the molecule is CC(CO)N(C)C(=O)c1ccc(N2CCOCC2)c(F)c1. The van der Waals surface area contributed by atoms with Crippen molar-refractivity contribution in [3.8, 4) is 0 Å². The molecular weight excluding hydrogens is 275 g/mol. The van der Waals surface area contributed by atoms with Gasteiger partial charge in [0.1, 0.15) is 5.82 Å². The minimum Gasteiger partial charge on any atom is -0.394 e. The summed E-state index contributed by atoms with van der Waals surface area (Å²) in [5.41, 5.74) is 0.778. The molecule has 1 aliphatic rings. The van der Waals surface area contributed by atoms with Gasteiger partial charge in [0.05, 0.1) is 31.5 Å². The molecule has 0 radical (unpaired) electrons. The van der Waals surface area contributed by atoms with Crippen LogP contribution in [0.2, 0.25) is 0 Å². The van der Waals surface area contributed by atoms with Crippen LogP contribution in [-0.2, 0) is 4.74 Å². The monoisotopic (exact) mass is 296 g/mol. The zero-order valence-electron chi connectivity index (χ0n) is 12.4. The Labute approximate surface area is 123 Å². The molecule has 1 amide bonds. The summed E-state index contributed by atoms with van der Waals surface area (Å²) in [4.78, 5) is 15.5. The molecule has 1 atom stereocenters. The van der Waals surface area contributed by atoms with E-state index in [2.05, 4.69) is 0 Å². The Morgan fingerprint density at radius 1 is 1.48 bits per heavy atom. The van der Waals surface area contributed by atoms with Gasteiger partial charge in [-0.15, -0.1) is 0 Å². The van der Waals surface area contributed by atoms with Crippen LogP contribution in [0.3, 0.4) is 0 Å². The van der Waals surface area contributed by atoms with E-state index in [4.69, 9.17) is 9.84 Å². The smallest absolute Gasteiger partial charge is 0.254 e. The van der Waals surface area contributed by atoms with Crippen LogP contribution in [0.4, 0.5) is 10.1 Å². The van der Waals surface area contributed by atoms with Crippen molar-refractivity contribution in [2.24, 2.45) is 0 Å². The Bertz CT molecular complexity index is 504. The first-order valence-corrected chi connectivity index (χ1v) is 7.05. The third-order valence-electron chi connectivity index (χ3n) is 3.79. The van der Waals surface area contributed by atoms with Crippen LogP contribution in [0, 0.1) is 5.82 Å². The third-order valence-corrected chi connectivity index (χ3v) is 3.79. The van der Waals surface area contributed by atoms with Crippen LogP contribution in [0.25, 0.3) is 0 Å². The summed E-state index contributed by atoms with van der Waals surface area (Å²) in [7, 11) is 1.59. The van der Waals surface area contributed by atoms with Crippen molar-refractivity contribution in [3.05, 3.63) is 29.6 Å². The topological polar surface area (TPSA) is 53.0 Å². The fourth-order valence-corrected chi connectivity index (χ4v) is 2.23. The quantitative estimate of drug-likeness (QED) is 0.904.